The highest BCUT2D eigenvalue weighted by atomic mass is 16.3. The van der Waals surface area contributed by atoms with Crippen LogP contribution in [-0.2, 0) is 4.79 Å². The van der Waals surface area contributed by atoms with Crippen LogP contribution in [0, 0.1) is 5.92 Å². The first kappa shape index (κ1) is 18.3. The van der Waals surface area contributed by atoms with Crippen molar-refractivity contribution in [3.8, 4) is 0 Å². The number of amides is 2. The first-order valence-corrected chi connectivity index (χ1v) is 10.3. The van der Waals surface area contributed by atoms with Gasteiger partial charge in [-0.25, -0.2) is 0 Å². The van der Waals surface area contributed by atoms with E-state index >= 15 is 0 Å². The van der Waals surface area contributed by atoms with Crippen molar-refractivity contribution >= 4 is 11.8 Å². The Labute approximate surface area is 170 Å². The van der Waals surface area contributed by atoms with Gasteiger partial charge < -0.3 is 14.9 Å². The van der Waals surface area contributed by atoms with Gasteiger partial charge in [0.15, 0.2) is 0 Å². The SMILES string of the molecule is O=C(C1CCC1)N1CC2(C1)[C@@H](c1ccccc1)[C@H](CO)N2C(=O)c1cccnc1. The number of aromatic nitrogens is 1. The minimum absolute atomic E-state index is 0.0137. The van der Waals surface area contributed by atoms with Gasteiger partial charge >= 0.3 is 0 Å². The molecule has 6 nitrogen and oxygen atoms in total. The number of pyridine rings is 1. The molecule has 0 unspecified atom stereocenters. The molecule has 29 heavy (non-hydrogen) atoms. The summed E-state index contributed by atoms with van der Waals surface area (Å²) in [6, 6.07) is 13.2. The number of aliphatic hydroxyl groups excluding tert-OH is 1. The van der Waals surface area contributed by atoms with Gasteiger partial charge in [0.25, 0.3) is 5.91 Å². The second-order valence-corrected chi connectivity index (χ2v) is 8.48. The van der Waals surface area contributed by atoms with Crippen LogP contribution in [0.2, 0.25) is 0 Å². The number of hydrogen-bond acceptors (Lipinski definition) is 4. The molecule has 1 aromatic carbocycles. The summed E-state index contributed by atoms with van der Waals surface area (Å²) >= 11 is 0. The largest absolute Gasteiger partial charge is 0.394 e. The molecule has 6 heteroatoms. The summed E-state index contributed by atoms with van der Waals surface area (Å²) < 4.78 is 0. The lowest BCUT2D eigenvalue weighted by atomic mass is 9.60. The summed E-state index contributed by atoms with van der Waals surface area (Å²) in [7, 11) is 0. The Morgan fingerprint density at radius 3 is 2.45 bits per heavy atom. The Morgan fingerprint density at radius 2 is 1.86 bits per heavy atom. The molecular weight excluding hydrogens is 366 g/mol. The van der Waals surface area contributed by atoms with Crippen molar-refractivity contribution in [2.24, 2.45) is 5.92 Å². The molecule has 1 aliphatic carbocycles. The van der Waals surface area contributed by atoms with E-state index in [4.69, 9.17) is 0 Å². The van der Waals surface area contributed by atoms with Gasteiger partial charge in [-0.05, 0) is 30.5 Å². The number of carbonyl (C=O) groups is 2. The van der Waals surface area contributed by atoms with E-state index in [-0.39, 0.29) is 36.3 Å². The molecule has 2 saturated heterocycles. The van der Waals surface area contributed by atoms with Gasteiger partial charge in [0.05, 0.1) is 23.8 Å². The highest BCUT2D eigenvalue weighted by molar-refractivity contribution is 5.96. The first-order chi connectivity index (χ1) is 14.2. The van der Waals surface area contributed by atoms with Gasteiger partial charge in [0.2, 0.25) is 5.91 Å². The van der Waals surface area contributed by atoms with Crippen LogP contribution in [-0.4, -0.2) is 63.0 Å². The van der Waals surface area contributed by atoms with Crippen molar-refractivity contribution in [2.45, 2.75) is 36.8 Å². The first-order valence-electron chi connectivity index (χ1n) is 10.3. The van der Waals surface area contributed by atoms with E-state index in [0.29, 0.717) is 18.7 Å². The van der Waals surface area contributed by atoms with Crippen LogP contribution in [0.4, 0.5) is 0 Å². The predicted octanol–water partition coefficient (Wildman–Crippen LogP) is 2.06. The lowest BCUT2D eigenvalue weighted by molar-refractivity contribution is -0.183. The van der Waals surface area contributed by atoms with E-state index in [9.17, 15) is 14.7 Å². The van der Waals surface area contributed by atoms with Crippen molar-refractivity contribution in [3.63, 3.8) is 0 Å². The molecule has 1 N–H and O–H groups in total. The zero-order chi connectivity index (χ0) is 20.0. The van der Waals surface area contributed by atoms with Gasteiger partial charge in [-0.2, -0.15) is 0 Å². The van der Waals surface area contributed by atoms with Gasteiger partial charge in [-0.3, -0.25) is 14.6 Å². The van der Waals surface area contributed by atoms with Crippen molar-refractivity contribution < 1.29 is 14.7 Å². The molecule has 3 heterocycles. The summed E-state index contributed by atoms with van der Waals surface area (Å²) in [6.07, 6.45) is 6.28. The van der Waals surface area contributed by atoms with Crippen molar-refractivity contribution in [2.75, 3.05) is 19.7 Å². The van der Waals surface area contributed by atoms with E-state index in [1.165, 1.54) is 0 Å². The molecule has 2 aromatic rings. The molecule has 1 saturated carbocycles. The maximum Gasteiger partial charge on any atom is 0.256 e. The summed E-state index contributed by atoms with van der Waals surface area (Å²) in [6.45, 7) is 0.957. The minimum atomic E-state index is -0.457. The lowest BCUT2D eigenvalue weighted by Crippen LogP contribution is -2.86. The van der Waals surface area contributed by atoms with Crippen molar-refractivity contribution in [1.29, 1.82) is 0 Å². The van der Waals surface area contributed by atoms with Crippen LogP contribution in [0.3, 0.4) is 0 Å². The van der Waals surface area contributed by atoms with E-state index in [1.54, 1.807) is 24.5 Å². The fourth-order valence-electron chi connectivity index (χ4n) is 5.30. The van der Waals surface area contributed by atoms with E-state index < -0.39 is 5.54 Å². The average molecular weight is 391 g/mol. The Hall–Kier alpha value is -2.73. The van der Waals surface area contributed by atoms with Crippen LogP contribution in [0.25, 0.3) is 0 Å². The normalized spacial score (nSPS) is 25.1. The van der Waals surface area contributed by atoms with Gasteiger partial charge in [0, 0.05) is 37.3 Å². The van der Waals surface area contributed by atoms with Gasteiger partial charge in [0.1, 0.15) is 0 Å². The average Bonchev–Trinajstić information content (AvgIpc) is 2.66. The fourth-order valence-corrected chi connectivity index (χ4v) is 5.30. The number of likely N-dealkylation sites (tertiary alicyclic amines) is 2. The van der Waals surface area contributed by atoms with Crippen LogP contribution in [0.15, 0.2) is 54.9 Å². The van der Waals surface area contributed by atoms with Gasteiger partial charge in [-0.15, -0.1) is 0 Å². The molecule has 1 spiro atoms. The predicted molar refractivity (Wildman–Crippen MR) is 107 cm³/mol. The molecular formula is C23H25N3O3. The Morgan fingerprint density at radius 1 is 1.10 bits per heavy atom. The Kier molecular flexibility index (Phi) is 4.39. The number of hydrogen-bond donors (Lipinski definition) is 1. The van der Waals surface area contributed by atoms with Crippen molar-refractivity contribution in [3.05, 3.63) is 66.0 Å². The number of rotatable bonds is 4. The fraction of sp³-hybridized carbons (Fsp3) is 0.435. The van der Waals surface area contributed by atoms with E-state index in [0.717, 1.165) is 24.8 Å². The monoisotopic (exact) mass is 391 g/mol. The molecule has 3 aliphatic rings. The number of benzene rings is 1. The molecule has 3 fully saturated rings. The molecule has 2 amide bonds. The molecule has 0 radical (unpaired) electrons. The second kappa shape index (κ2) is 6.95. The topological polar surface area (TPSA) is 73.7 Å². The standard InChI is InChI=1S/C23H25N3O3/c27-13-19-20(16-6-2-1-3-7-16)23(14-25(15-23)21(28)17-8-4-9-17)26(19)22(29)18-10-5-11-24-12-18/h1-3,5-7,10-12,17,19-20,27H,4,8-9,13-15H2/t19-,20-/m0/s1. The maximum atomic E-state index is 13.3. The third kappa shape index (κ3) is 2.69. The van der Waals surface area contributed by atoms with Crippen LogP contribution in [0.1, 0.15) is 41.1 Å². The smallest absolute Gasteiger partial charge is 0.256 e. The van der Waals surface area contributed by atoms with E-state index in [2.05, 4.69) is 17.1 Å². The lowest BCUT2D eigenvalue weighted by Gasteiger charge is -2.70. The molecule has 0 bridgehead atoms. The summed E-state index contributed by atoms with van der Waals surface area (Å²) in [4.78, 5) is 33.9. The van der Waals surface area contributed by atoms with Crippen LogP contribution < -0.4 is 0 Å². The maximum absolute atomic E-state index is 13.3. The van der Waals surface area contributed by atoms with Gasteiger partial charge in [-0.1, -0.05) is 36.8 Å². The highest BCUT2D eigenvalue weighted by Crippen LogP contribution is 2.54. The summed E-state index contributed by atoms with van der Waals surface area (Å²) in [5.41, 5.74) is 1.17. The Bertz CT molecular complexity index is 907. The second-order valence-electron chi connectivity index (χ2n) is 8.48. The molecule has 1 aromatic heterocycles. The Balaban J connectivity index is 1.46. The molecule has 2 atom stereocenters. The summed E-state index contributed by atoms with van der Waals surface area (Å²) in [5, 5.41) is 10.2. The quantitative estimate of drug-likeness (QED) is 0.866. The zero-order valence-corrected chi connectivity index (χ0v) is 16.3. The van der Waals surface area contributed by atoms with Crippen LogP contribution >= 0.6 is 0 Å². The highest BCUT2D eigenvalue weighted by Gasteiger charge is 2.68. The third-order valence-electron chi connectivity index (χ3n) is 6.94. The molecule has 2 aliphatic heterocycles. The summed E-state index contributed by atoms with van der Waals surface area (Å²) in [5.74, 6) is 0.258. The van der Waals surface area contributed by atoms with E-state index in [1.807, 2.05) is 28.0 Å². The number of carbonyl (C=O) groups excluding carboxylic acids is 2. The van der Waals surface area contributed by atoms with Crippen molar-refractivity contribution in [1.82, 2.24) is 14.8 Å². The zero-order valence-electron chi connectivity index (χ0n) is 16.3. The number of aliphatic hydroxyl groups is 1. The molecule has 150 valence electrons. The third-order valence-corrected chi connectivity index (χ3v) is 6.94. The molecule has 5 rings (SSSR count). The number of nitrogens with zero attached hydrogens (tertiary/aromatic N) is 3. The minimum Gasteiger partial charge on any atom is -0.394 e. The van der Waals surface area contributed by atoms with Crippen LogP contribution in [0.5, 0.6) is 0 Å².